The molecular formula is C6H10O4. The average molecular weight is 146 g/mol. The molecule has 1 atom stereocenters. The summed E-state index contributed by atoms with van der Waals surface area (Å²) in [5, 5.41) is 8.37. The van der Waals surface area contributed by atoms with Crippen LogP contribution >= 0.6 is 0 Å². The summed E-state index contributed by atoms with van der Waals surface area (Å²) < 4.78 is 0. The molecule has 1 fully saturated rings. The molecule has 0 bridgehead atoms. The first kappa shape index (κ1) is 7.50. The van der Waals surface area contributed by atoms with Crippen molar-refractivity contribution in [1.29, 1.82) is 0 Å². The van der Waals surface area contributed by atoms with E-state index in [-0.39, 0.29) is 12.3 Å². The topological polar surface area (TPSA) is 55.8 Å². The molecule has 0 spiro atoms. The second kappa shape index (κ2) is 3.53. The van der Waals surface area contributed by atoms with Gasteiger partial charge in [-0.05, 0) is 12.3 Å². The first-order valence-corrected chi connectivity index (χ1v) is 3.25. The van der Waals surface area contributed by atoms with Gasteiger partial charge in [-0.3, -0.25) is 4.79 Å². The molecule has 1 aliphatic heterocycles. The van der Waals surface area contributed by atoms with E-state index >= 15 is 0 Å². The molecule has 58 valence electrons. The zero-order valence-corrected chi connectivity index (χ0v) is 5.58. The van der Waals surface area contributed by atoms with Gasteiger partial charge in [0, 0.05) is 0 Å². The largest absolute Gasteiger partial charge is 0.481 e. The molecule has 4 heteroatoms. The number of carbonyl (C=O) groups is 1. The van der Waals surface area contributed by atoms with Crippen LogP contribution in [0.25, 0.3) is 0 Å². The monoisotopic (exact) mass is 146 g/mol. The van der Waals surface area contributed by atoms with E-state index in [9.17, 15) is 4.79 Å². The van der Waals surface area contributed by atoms with Crippen LogP contribution in [0.2, 0.25) is 0 Å². The highest BCUT2D eigenvalue weighted by Gasteiger charge is 2.17. The van der Waals surface area contributed by atoms with Crippen molar-refractivity contribution in [2.75, 3.05) is 13.2 Å². The van der Waals surface area contributed by atoms with Crippen molar-refractivity contribution in [3.63, 3.8) is 0 Å². The average Bonchev–Trinajstić information content (AvgIpc) is 1.88. The number of hydrogen-bond acceptors (Lipinski definition) is 3. The van der Waals surface area contributed by atoms with E-state index in [1.165, 1.54) is 0 Å². The van der Waals surface area contributed by atoms with Gasteiger partial charge in [-0.2, -0.15) is 0 Å². The third kappa shape index (κ3) is 2.33. The molecule has 1 N–H and O–H groups in total. The van der Waals surface area contributed by atoms with Crippen LogP contribution in [-0.4, -0.2) is 24.3 Å². The van der Waals surface area contributed by atoms with E-state index in [2.05, 4.69) is 9.78 Å². The maximum absolute atomic E-state index is 10.2. The summed E-state index contributed by atoms with van der Waals surface area (Å²) in [7, 11) is 0. The lowest BCUT2D eigenvalue weighted by Crippen LogP contribution is -2.21. The molecule has 0 radical (unpaired) electrons. The Morgan fingerprint density at radius 3 is 2.90 bits per heavy atom. The van der Waals surface area contributed by atoms with Crippen LogP contribution in [0.1, 0.15) is 12.8 Å². The summed E-state index contributed by atoms with van der Waals surface area (Å²) in [4.78, 5) is 19.4. The SMILES string of the molecule is O=C(O)CC1CCOOC1. The number of carboxylic acid groups (broad SMARTS) is 1. The van der Waals surface area contributed by atoms with Crippen LogP contribution < -0.4 is 0 Å². The second-order valence-corrected chi connectivity index (χ2v) is 2.36. The maximum Gasteiger partial charge on any atom is 0.303 e. The molecule has 0 aromatic heterocycles. The van der Waals surface area contributed by atoms with Crippen LogP contribution in [0.15, 0.2) is 0 Å². The van der Waals surface area contributed by atoms with Gasteiger partial charge in [0.05, 0.1) is 19.6 Å². The predicted molar refractivity (Wildman–Crippen MR) is 32.3 cm³/mol. The summed E-state index contributed by atoms with van der Waals surface area (Å²) in [5.74, 6) is -0.637. The molecule has 1 saturated heterocycles. The lowest BCUT2D eigenvalue weighted by Gasteiger charge is -2.18. The van der Waals surface area contributed by atoms with Crippen molar-refractivity contribution in [2.24, 2.45) is 5.92 Å². The van der Waals surface area contributed by atoms with Crippen LogP contribution in [0, 0.1) is 5.92 Å². The molecule has 4 nitrogen and oxygen atoms in total. The maximum atomic E-state index is 10.2. The van der Waals surface area contributed by atoms with Gasteiger partial charge in [0.1, 0.15) is 0 Å². The minimum Gasteiger partial charge on any atom is -0.481 e. The van der Waals surface area contributed by atoms with E-state index in [4.69, 9.17) is 5.11 Å². The third-order valence-electron chi connectivity index (χ3n) is 1.46. The number of aliphatic carboxylic acids is 1. The summed E-state index contributed by atoms with van der Waals surface area (Å²) in [6.45, 7) is 0.921. The summed E-state index contributed by atoms with van der Waals surface area (Å²) in [6, 6.07) is 0. The second-order valence-electron chi connectivity index (χ2n) is 2.36. The van der Waals surface area contributed by atoms with E-state index < -0.39 is 5.97 Å². The highest BCUT2D eigenvalue weighted by atomic mass is 17.2. The number of rotatable bonds is 2. The van der Waals surface area contributed by atoms with Crippen LogP contribution in [-0.2, 0) is 14.6 Å². The van der Waals surface area contributed by atoms with Crippen molar-refractivity contribution in [1.82, 2.24) is 0 Å². The zero-order valence-electron chi connectivity index (χ0n) is 5.58. The fourth-order valence-electron chi connectivity index (χ4n) is 0.909. The van der Waals surface area contributed by atoms with Crippen LogP contribution in [0.4, 0.5) is 0 Å². The third-order valence-corrected chi connectivity index (χ3v) is 1.46. The Morgan fingerprint density at radius 2 is 2.40 bits per heavy atom. The number of hydrogen-bond donors (Lipinski definition) is 1. The van der Waals surface area contributed by atoms with E-state index in [1.54, 1.807) is 0 Å². The van der Waals surface area contributed by atoms with E-state index in [0.717, 1.165) is 6.42 Å². The van der Waals surface area contributed by atoms with Gasteiger partial charge < -0.3 is 5.11 Å². The van der Waals surface area contributed by atoms with Crippen LogP contribution in [0.3, 0.4) is 0 Å². The summed E-state index contributed by atoms with van der Waals surface area (Å²) >= 11 is 0. The van der Waals surface area contributed by atoms with Gasteiger partial charge >= 0.3 is 5.97 Å². The fraction of sp³-hybridized carbons (Fsp3) is 0.833. The van der Waals surface area contributed by atoms with Gasteiger partial charge in [-0.15, -0.1) is 0 Å². The van der Waals surface area contributed by atoms with E-state index in [1.807, 2.05) is 0 Å². The number of carboxylic acids is 1. The molecule has 0 aliphatic carbocycles. The molecule has 1 rings (SSSR count). The Kier molecular flexibility index (Phi) is 2.65. The highest BCUT2D eigenvalue weighted by molar-refractivity contribution is 5.67. The summed E-state index contributed by atoms with van der Waals surface area (Å²) in [5.41, 5.74) is 0. The molecule has 0 saturated carbocycles. The van der Waals surface area contributed by atoms with Gasteiger partial charge in [0.15, 0.2) is 0 Å². The normalized spacial score (nSPS) is 26.2. The lowest BCUT2D eigenvalue weighted by molar-refractivity contribution is -0.324. The standard InChI is InChI=1S/C6H10O4/c7-6(8)3-5-1-2-9-10-4-5/h5H,1-4H2,(H,7,8). The molecule has 1 unspecified atom stereocenters. The molecule has 0 aromatic rings. The van der Waals surface area contributed by atoms with Crippen molar-refractivity contribution in [3.05, 3.63) is 0 Å². The lowest BCUT2D eigenvalue weighted by atomic mass is 10.0. The minimum absolute atomic E-state index is 0.131. The molecular weight excluding hydrogens is 136 g/mol. The summed E-state index contributed by atoms with van der Waals surface area (Å²) in [6.07, 6.45) is 0.968. The van der Waals surface area contributed by atoms with E-state index in [0.29, 0.717) is 13.2 Å². The molecule has 0 aromatic carbocycles. The Balaban J connectivity index is 2.19. The fourth-order valence-corrected chi connectivity index (χ4v) is 0.909. The Labute approximate surface area is 58.7 Å². The van der Waals surface area contributed by atoms with Crippen molar-refractivity contribution < 1.29 is 19.7 Å². The van der Waals surface area contributed by atoms with Gasteiger partial charge in [0.25, 0.3) is 0 Å². The highest BCUT2D eigenvalue weighted by Crippen LogP contribution is 2.13. The van der Waals surface area contributed by atoms with Gasteiger partial charge in [0.2, 0.25) is 0 Å². The minimum atomic E-state index is -0.768. The van der Waals surface area contributed by atoms with Crippen molar-refractivity contribution in [3.8, 4) is 0 Å². The Hall–Kier alpha value is -0.610. The first-order chi connectivity index (χ1) is 4.79. The zero-order chi connectivity index (χ0) is 7.40. The molecule has 0 amide bonds. The van der Waals surface area contributed by atoms with Gasteiger partial charge in [-0.1, -0.05) is 0 Å². The Morgan fingerprint density at radius 1 is 1.60 bits per heavy atom. The quantitative estimate of drug-likeness (QED) is 0.574. The van der Waals surface area contributed by atoms with Crippen molar-refractivity contribution in [2.45, 2.75) is 12.8 Å². The molecule has 1 aliphatic rings. The first-order valence-electron chi connectivity index (χ1n) is 3.25. The van der Waals surface area contributed by atoms with Gasteiger partial charge in [-0.25, -0.2) is 9.78 Å². The molecule has 1 heterocycles. The van der Waals surface area contributed by atoms with Crippen LogP contribution in [0.5, 0.6) is 0 Å². The van der Waals surface area contributed by atoms with Crippen molar-refractivity contribution >= 4 is 5.97 Å². The smallest absolute Gasteiger partial charge is 0.303 e. The predicted octanol–water partition coefficient (Wildman–Crippen LogP) is 0.429. The Bertz CT molecular complexity index is 117. The molecule has 10 heavy (non-hydrogen) atoms.